The maximum Gasteiger partial charge on any atom is 0.339 e. The van der Waals surface area contributed by atoms with E-state index in [1.165, 1.54) is 31.2 Å². The largest absolute Gasteiger partial charge is 0.490 e. The second-order valence-electron chi connectivity index (χ2n) is 6.31. The molecular weight excluding hydrogens is 377 g/mol. The number of carbonyl (C=O) groups is 2. The second kappa shape index (κ2) is 11.0. The lowest BCUT2D eigenvalue weighted by Gasteiger charge is -2.15. The molecule has 0 fully saturated rings. The summed E-state index contributed by atoms with van der Waals surface area (Å²) in [6, 6.07) is 10.5. The van der Waals surface area contributed by atoms with E-state index in [4.69, 9.17) is 14.2 Å². The third kappa shape index (κ3) is 6.48. The normalized spacial score (nSPS) is 11.4. The van der Waals surface area contributed by atoms with E-state index >= 15 is 0 Å². The Morgan fingerprint density at radius 2 is 1.83 bits per heavy atom. The molecule has 0 saturated carbocycles. The molecule has 0 aromatic heterocycles. The molecule has 0 aliphatic rings. The number of hydrogen-bond donors (Lipinski definition) is 1. The number of para-hydroxylation sites is 1. The van der Waals surface area contributed by atoms with Crippen LogP contribution in [0.15, 0.2) is 42.5 Å². The quantitative estimate of drug-likeness (QED) is 0.464. The average molecular weight is 403 g/mol. The molecule has 1 atom stereocenters. The summed E-state index contributed by atoms with van der Waals surface area (Å²) in [7, 11) is 0. The zero-order chi connectivity index (χ0) is 21.2. The van der Waals surface area contributed by atoms with Crippen molar-refractivity contribution in [2.24, 2.45) is 0 Å². The molecule has 0 saturated heterocycles. The first-order valence-electron chi connectivity index (χ1n) is 9.62. The van der Waals surface area contributed by atoms with Crippen LogP contribution < -0.4 is 14.8 Å². The number of halogens is 1. The summed E-state index contributed by atoms with van der Waals surface area (Å²) in [5, 5.41) is 2.40. The van der Waals surface area contributed by atoms with Crippen molar-refractivity contribution in [2.45, 2.75) is 39.7 Å². The predicted octanol–water partition coefficient (Wildman–Crippen LogP) is 4.59. The highest BCUT2D eigenvalue weighted by molar-refractivity contribution is 5.97. The van der Waals surface area contributed by atoms with Crippen molar-refractivity contribution < 1.29 is 28.2 Å². The van der Waals surface area contributed by atoms with Crippen molar-refractivity contribution in [3.05, 3.63) is 53.8 Å². The zero-order valence-corrected chi connectivity index (χ0v) is 16.9. The molecule has 0 radical (unpaired) electrons. The summed E-state index contributed by atoms with van der Waals surface area (Å²) in [5.74, 6) is -0.918. The number of benzene rings is 2. The van der Waals surface area contributed by atoms with Crippen molar-refractivity contribution in [3.8, 4) is 11.5 Å². The number of esters is 1. The lowest BCUT2D eigenvalue weighted by atomic mass is 10.2. The molecule has 0 bridgehead atoms. The van der Waals surface area contributed by atoms with Crippen LogP contribution in [0.4, 0.5) is 10.1 Å². The fourth-order valence-corrected chi connectivity index (χ4v) is 2.43. The van der Waals surface area contributed by atoms with E-state index in [2.05, 4.69) is 12.2 Å². The summed E-state index contributed by atoms with van der Waals surface area (Å²) in [5.41, 5.74) is 0.245. The Labute approximate surface area is 170 Å². The summed E-state index contributed by atoms with van der Waals surface area (Å²) in [6.07, 6.45) is 0.795. The van der Waals surface area contributed by atoms with Crippen LogP contribution in [0.1, 0.15) is 44.0 Å². The van der Waals surface area contributed by atoms with Crippen LogP contribution in [0.5, 0.6) is 11.5 Å². The highest BCUT2D eigenvalue weighted by Crippen LogP contribution is 2.29. The number of unbranched alkanes of at least 4 members (excludes halogenated alkanes) is 1. The molecule has 156 valence electrons. The molecule has 2 aromatic carbocycles. The monoisotopic (exact) mass is 403 g/mol. The van der Waals surface area contributed by atoms with Crippen LogP contribution in [0, 0.1) is 5.82 Å². The summed E-state index contributed by atoms with van der Waals surface area (Å²) in [4.78, 5) is 24.6. The van der Waals surface area contributed by atoms with Gasteiger partial charge in [-0.15, -0.1) is 0 Å². The third-order valence-electron chi connectivity index (χ3n) is 4.02. The van der Waals surface area contributed by atoms with Crippen LogP contribution in [-0.4, -0.2) is 31.2 Å². The Kier molecular flexibility index (Phi) is 8.45. The standard InChI is InChI=1S/C22H26FNO5/c1-4-6-13-28-19-12-11-16(14-20(19)27-5-2)22(26)29-15(3)21(25)24-18-10-8-7-9-17(18)23/h7-12,14-15H,4-6,13H2,1-3H3,(H,24,25). The van der Waals surface area contributed by atoms with Gasteiger partial charge >= 0.3 is 5.97 Å². The number of amides is 1. The van der Waals surface area contributed by atoms with Gasteiger partial charge in [0.2, 0.25) is 0 Å². The summed E-state index contributed by atoms with van der Waals surface area (Å²) < 4.78 is 30.1. The summed E-state index contributed by atoms with van der Waals surface area (Å²) in [6.45, 7) is 6.27. The van der Waals surface area contributed by atoms with E-state index in [9.17, 15) is 14.0 Å². The Bertz CT molecular complexity index is 840. The van der Waals surface area contributed by atoms with Gasteiger partial charge in [-0.25, -0.2) is 9.18 Å². The van der Waals surface area contributed by atoms with Gasteiger partial charge in [0, 0.05) is 0 Å². The van der Waals surface area contributed by atoms with Crippen molar-refractivity contribution in [1.82, 2.24) is 0 Å². The molecule has 0 heterocycles. The van der Waals surface area contributed by atoms with Crippen LogP contribution in [-0.2, 0) is 9.53 Å². The number of nitrogens with one attached hydrogen (secondary N) is 1. The predicted molar refractivity (Wildman–Crippen MR) is 108 cm³/mol. The molecule has 0 spiro atoms. The fourth-order valence-electron chi connectivity index (χ4n) is 2.43. The number of carbonyl (C=O) groups excluding carboxylic acids is 2. The van der Waals surface area contributed by atoms with E-state index < -0.39 is 23.8 Å². The molecule has 2 rings (SSSR count). The molecule has 1 N–H and O–H groups in total. The van der Waals surface area contributed by atoms with Crippen LogP contribution in [0.3, 0.4) is 0 Å². The molecule has 6 nitrogen and oxygen atoms in total. The van der Waals surface area contributed by atoms with E-state index in [-0.39, 0.29) is 11.3 Å². The van der Waals surface area contributed by atoms with Crippen molar-refractivity contribution in [2.75, 3.05) is 18.5 Å². The van der Waals surface area contributed by atoms with Gasteiger partial charge in [0.15, 0.2) is 17.6 Å². The first-order valence-corrected chi connectivity index (χ1v) is 9.62. The molecule has 1 unspecified atom stereocenters. The Balaban J connectivity index is 2.03. The molecule has 2 aromatic rings. The van der Waals surface area contributed by atoms with E-state index in [1.807, 2.05) is 6.92 Å². The summed E-state index contributed by atoms with van der Waals surface area (Å²) >= 11 is 0. The van der Waals surface area contributed by atoms with Crippen molar-refractivity contribution >= 4 is 17.6 Å². The minimum atomic E-state index is -1.11. The van der Waals surface area contributed by atoms with Crippen LogP contribution >= 0.6 is 0 Å². The maximum atomic E-state index is 13.7. The van der Waals surface area contributed by atoms with Gasteiger partial charge in [0.05, 0.1) is 24.5 Å². The lowest BCUT2D eigenvalue weighted by Crippen LogP contribution is -2.30. The van der Waals surface area contributed by atoms with E-state index in [1.54, 1.807) is 18.2 Å². The topological polar surface area (TPSA) is 73.9 Å². The minimum Gasteiger partial charge on any atom is -0.490 e. The van der Waals surface area contributed by atoms with Gasteiger partial charge < -0.3 is 19.5 Å². The Hall–Kier alpha value is -3.09. The van der Waals surface area contributed by atoms with Gasteiger partial charge in [-0.2, -0.15) is 0 Å². The van der Waals surface area contributed by atoms with Crippen molar-refractivity contribution in [3.63, 3.8) is 0 Å². The number of ether oxygens (including phenoxy) is 3. The Morgan fingerprint density at radius 3 is 2.52 bits per heavy atom. The molecule has 1 amide bonds. The molecule has 7 heteroatoms. The number of rotatable bonds is 10. The highest BCUT2D eigenvalue weighted by Gasteiger charge is 2.21. The van der Waals surface area contributed by atoms with Gasteiger partial charge in [-0.05, 0) is 50.6 Å². The van der Waals surface area contributed by atoms with Gasteiger partial charge in [-0.3, -0.25) is 4.79 Å². The van der Waals surface area contributed by atoms with Crippen molar-refractivity contribution in [1.29, 1.82) is 0 Å². The van der Waals surface area contributed by atoms with Gasteiger partial charge in [0.1, 0.15) is 5.82 Å². The lowest BCUT2D eigenvalue weighted by molar-refractivity contribution is -0.123. The first-order chi connectivity index (χ1) is 14.0. The number of anilines is 1. The molecule has 29 heavy (non-hydrogen) atoms. The Morgan fingerprint density at radius 1 is 1.07 bits per heavy atom. The minimum absolute atomic E-state index is 0.0209. The molecule has 0 aliphatic carbocycles. The smallest absolute Gasteiger partial charge is 0.339 e. The van der Waals surface area contributed by atoms with E-state index in [0.29, 0.717) is 24.7 Å². The van der Waals surface area contributed by atoms with Crippen LogP contribution in [0.25, 0.3) is 0 Å². The maximum absolute atomic E-state index is 13.7. The first kappa shape index (κ1) is 22.2. The van der Waals surface area contributed by atoms with E-state index in [0.717, 1.165) is 12.8 Å². The van der Waals surface area contributed by atoms with Crippen LogP contribution in [0.2, 0.25) is 0 Å². The second-order valence-corrected chi connectivity index (χ2v) is 6.31. The molecule has 0 aliphatic heterocycles. The average Bonchev–Trinajstić information content (AvgIpc) is 2.71. The molecular formula is C22H26FNO5. The van der Waals surface area contributed by atoms with Gasteiger partial charge in [-0.1, -0.05) is 25.5 Å². The van der Waals surface area contributed by atoms with Gasteiger partial charge in [0.25, 0.3) is 5.91 Å². The third-order valence-corrected chi connectivity index (χ3v) is 4.02. The fraction of sp³-hybridized carbons (Fsp3) is 0.364. The number of hydrogen-bond acceptors (Lipinski definition) is 5. The SMILES string of the molecule is CCCCOc1ccc(C(=O)OC(C)C(=O)Nc2ccccc2F)cc1OCC. The highest BCUT2D eigenvalue weighted by atomic mass is 19.1. The zero-order valence-electron chi connectivity index (χ0n) is 16.9.